The fourth-order valence-electron chi connectivity index (χ4n) is 5.34. The molecule has 2 N–H and O–H groups in total. The quantitative estimate of drug-likeness (QED) is 0.634. The maximum absolute atomic E-state index is 13.1. The van der Waals surface area contributed by atoms with Crippen LogP contribution in [0.2, 0.25) is 0 Å². The van der Waals surface area contributed by atoms with Crippen LogP contribution in [0.1, 0.15) is 50.3 Å². The number of carbonyl (C=O) groups is 1. The maximum Gasteiger partial charge on any atom is 0.229 e. The fraction of sp³-hybridized carbons (Fsp3) is 0.520. The number of aromatic nitrogens is 3. The number of nitrogens with zero attached hydrogens (tertiary/aromatic N) is 2. The number of hydrogen-bond acceptors (Lipinski definition) is 3. The molecule has 1 saturated carbocycles. The lowest BCUT2D eigenvalue weighted by Gasteiger charge is -2.30. The van der Waals surface area contributed by atoms with E-state index >= 15 is 0 Å². The van der Waals surface area contributed by atoms with Crippen LogP contribution in [0.5, 0.6) is 0 Å². The molecular weight excluding hydrogens is 388 g/mol. The Morgan fingerprint density at radius 2 is 2.10 bits per heavy atom. The SMILES string of the molecule is COC1CCCC(C(=O)N(C)c2ccc3cc(-c4n[nH]c5c4CCC(C)C5)[nH]c3c2)C1. The van der Waals surface area contributed by atoms with Crippen LogP contribution in [0, 0.1) is 11.8 Å². The van der Waals surface area contributed by atoms with Crippen molar-refractivity contribution < 1.29 is 9.53 Å². The molecule has 2 aliphatic rings. The minimum absolute atomic E-state index is 0.0385. The summed E-state index contributed by atoms with van der Waals surface area (Å²) in [4.78, 5) is 18.5. The van der Waals surface area contributed by atoms with Gasteiger partial charge in [0.05, 0.1) is 11.8 Å². The number of ether oxygens (including phenoxy) is 1. The Kier molecular flexibility index (Phi) is 5.34. The molecule has 3 unspecified atom stereocenters. The van der Waals surface area contributed by atoms with Gasteiger partial charge in [-0.1, -0.05) is 19.4 Å². The van der Waals surface area contributed by atoms with Gasteiger partial charge in [0, 0.05) is 47.9 Å². The van der Waals surface area contributed by atoms with Crippen molar-refractivity contribution in [3.05, 3.63) is 35.5 Å². The Morgan fingerprint density at radius 1 is 1.23 bits per heavy atom. The third-order valence-electron chi connectivity index (χ3n) is 7.28. The van der Waals surface area contributed by atoms with E-state index in [1.807, 2.05) is 13.1 Å². The first-order chi connectivity index (χ1) is 15.0. The Bertz CT molecular complexity index is 1100. The van der Waals surface area contributed by atoms with E-state index in [2.05, 4.69) is 40.3 Å². The predicted molar refractivity (Wildman–Crippen MR) is 123 cm³/mol. The van der Waals surface area contributed by atoms with Crippen LogP contribution in [0.25, 0.3) is 22.3 Å². The van der Waals surface area contributed by atoms with Gasteiger partial charge in [0.1, 0.15) is 5.69 Å². The van der Waals surface area contributed by atoms with Gasteiger partial charge >= 0.3 is 0 Å². The number of amides is 1. The van der Waals surface area contributed by atoms with E-state index in [0.29, 0.717) is 5.92 Å². The highest BCUT2D eigenvalue weighted by Crippen LogP contribution is 2.34. The Hall–Kier alpha value is -2.60. The second kappa shape index (κ2) is 8.15. The summed E-state index contributed by atoms with van der Waals surface area (Å²) in [5.74, 6) is 0.933. The molecule has 0 saturated heterocycles. The lowest BCUT2D eigenvalue weighted by atomic mass is 9.86. The topological polar surface area (TPSA) is 74.0 Å². The minimum Gasteiger partial charge on any atom is -0.381 e. The first kappa shape index (κ1) is 20.3. The third kappa shape index (κ3) is 3.78. The molecular formula is C25H32N4O2. The van der Waals surface area contributed by atoms with Gasteiger partial charge in [-0.2, -0.15) is 5.10 Å². The summed E-state index contributed by atoms with van der Waals surface area (Å²) in [6.07, 6.45) is 7.42. The molecule has 6 heteroatoms. The molecule has 5 rings (SSSR count). The molecule has 3 atom stereocenters. The summed E-state index contributed by atoms with van der Waals surface area (Å²) < 4.78 is 5.51. The number of anilines is 1. The molecule has 0 radical (unpaired) electrons. The van der Waals surface area contributed by atoms with Crippen LogP contribution in [0.15, 0.2) is 24.3 Å². The van der Waals surface area contributed by atoms with Crippen LogP contribution in [0.4, 0.5) is 5.69 Å². The van der Waals surface area contributed by atoms with E-state index < -0.39 is 0 Å². The van der Waals surface area contributed by atoms with Gasteiger partial charge < -0.3 is 14.6 Å². The lowest BCUT2D eigenvalue weighted by molar-refractivity contribution is -0.124. The van der Waals surface area contributed by atoms with Crippen LogP contribution in [-0.4, -0.2) is 41.3 Å². The number of nitrogens with one attached hydrogen (secondary N) is 2. The first-order valence-corrected chi connectivity index (χ1v) is 11.5. The highest BCUT2D eigenvalue weighted by molar-refractivity contribution is 5.97. The van der Waals surface area contributed by atoms with Gasteiger partial charge in [-0.25, -0.2) is 0 Å². The summed E-state index contributed by atoms with van der Waals surface area (Å²) in [7, 11) is 3.63. The molecule has 0 aliphatic heterocycles. The molecule has 164 valence electrons. The zero-order valence-corrected chi connectivity index (χ0v) is 18.7. The average Bonchev–Trinajstić information content (AvgIpc) is 3.40. The van der Waals surface area contributed by atoms with Crippen molar-refractivity contribution in [2.75, 3.05) is 19.1 Å². The summed E-state index contributed by atoms with van der Waals surface area (Å²) in [6.45, 7) is 2.30. The molecule has 6 nitrogen and oxygen atoms in total. The average molecular weight is 421 g/mol. The Labute approximate surface area is 183 Å². The summed E-state index contributed by atoms with van der Waals surface area (Å²) in [5.41, 5.74) is 6.66. The number of benzene rings is 1. The number of fused-ring (bicyclic) bond motifs is 2. The smallest absolute Gasteiger partial charge is 0.229 e. The monoisotopic (exact) mass is 420 g/mol. The minimum atomic E-state index is 0.0385. The van der Waals surface area contributed by atoms with E-state index in [9.17, 15) is 4.79 Å². The van der Waals surface area contributed by atoms with E-state index in [1.54, 1.807) is 12.0 Å². The molecule has 2 aromatic heterocycles. The second-order valence-electron chi connectivity index (χ2n) is 9.45. The first-order valence-electron chi connectivity index (χ1n) is 11.5. The van der Waals surface area contributed by atoms with E-state index in [-0.39, 0.29) is 17.9 Å². The van der Waals surface area contributed by atoms with Gasteiger partial charge in [-0.3, -0.25) is 9.89 Å². The maximum atomic E-state index is 13.1. The van der Waals surface area contributed by atoms with Crippen molar-refractivity contribution >= 4 is 22.5 Å². The molecule has 1 aromatic carbocycles. The highest BCUT2D eigenvalue weighted by Gasteiger charge is 2.30. The third-order valence-corrected chi connectivity index (χ3v) is 7.28. The molecule has 2 aliphatic carbocycles. The van der Waals surface area contributed by atoms with E-state index in [0.717, 1.165) is 66.5 Å². The van der Waals surface area contributed by atoms with Crippen molar-refractivity contribution in [1.82, 2.24) is 15.2 Å². The molecule has 1 fully saturated rings. The number of H-pyrrole nitrogens is 2. The van der Waals surface area contributed by atoms with Gasteiger partial charge in [0.15, 0.2) is 0 Å². The molecule has 0 bridgehead atoms. The van der Waals surface area contributed by atoms with E-state index in [1.165, 1.54) is 17.7 Å². The van der Waals surface area contributed by atoms with Crippen LogP contribution < -0.4 is 4.90 Å². The van der Waals surface area contributed by atoms with Gasteiger partial charge in [0.25, 0.3) is 0 Å². The lowest BCUT2D eigenvalue weighted by Crippen LogP contribution is -2.37. The fourth-order valence-corrected chi connectivity index (χ4v) is 5.34. The van der Waals surface area contributed by atoms with Crippen LogP contribution in [-0.2, 0) is 22.4 Å². The van der Waals surface area contributed by atoms with Crippen molar-refractivity contribution in [2.24, 2.45) is 11.8 Å². The zero-order valence-electron chi connectivity index (χ0n) is 18.7. The van der Waals surface area contributed by atoms with Crippen molar-refractivity contribution in [3.63, 3.8) is 0 Å². The molecule has 2 heterocycles. The zero-order chi connectivity index (χ0) is 21.5. The van der Waals surface area contributed by atoms with Crippen molar-refractivity contribution in [2.45, 2.75) is 58.0 Å². The Balaban J connectivity index is 1.39. The van der Waals surface area contributed by atoms with Gasteiger partial charge in [-0.05, 0) is 62.6 Å². The largest absolute Gasteiger partial charge is 0.381 e. The number of methoxy groups -OCH3 is 1. The van der Waals surface area contributed by atoms with Crippen molar-refractivity contribution in [1.29, 1.82) is 0 Å². The van der Waals surface area contributed by atoms with Gasteiger partial charge in [-0.15, -0.1) is 0 Å². The highest BCUT2D eigenvalue weighted by atomic mass is 16.5. The normalized spacial score (nSPS) is 23.6. The van der Waals surface area contributed by atoms with Gasteiger partial charge in [0.2, 0.25) is 5.91 Å². The summed E-state index contributed by atoms with van der Waals surface area (Å²) in [5, 5.41) is 9.02. The number of hydrogen-bond donors (Lipinski definition) is 2. The van der Waals surface area contributed by atoms with E-state index in [4.69, 9.17) is 4.74 Å². The molecule has 1 amide bonds. The molecule has 0 spiro atoms. The number of carbonyl (C=O) groups excluding carboxylic acids is 1. The molecule has 3 aromatic rings. The van der Waals surface area contributed by atoms with Crippen LogP contribution in [0.3, 0.4) is 0 Å². The predicted octanol–water partition coefficient (Wildman–Crippen LogP) is 4.85. The number of aromatic amines is 2. The standard InChI is InChI=1S/C25H32N4O2/c1-15-7-10-20-22(11-15)27-28-24(20)23-13-16-8-9-18(14-21(16)26-23)29(2)25(30)17-5-4-6-19(12-17)31-3/h8-9,13-15,17,19,26H,4-7,10-12H2,1-3H3,(H,27,28). The second-order valence-corrected chi connectivity index (χ2v) is 9.45. The molecule has 31 heavy (non-hydrogen) atoms. The van der Waals surface area contributed by atoms with Crippen molar-refractivity contribution in [3.8, 4) is 11.4 Å². The Morgan fingerprint density at radius 3 is 2.94 bits per heavy atom. The summed E-state index contributed by atoms with van der Waals surface area (Å²) in [6, 6.07) is 8.37. The summed E-state index contributed by atoms with van der Waals surface area (Å²) >= 11 is 0. The van der Waals surface area contributed by atoms with Crippen LogP contribution >= 0.6 is 0 Å². The number of rotatable bonds is 4.